The van der Waals surface area contributed by atoms with Crippen LogP contribution in [0.5, 0.6) is 5.75 Å². The zero-order valence-electron chi connectivity index (χ0n) is 6.96. The first-order chi connectivity index (χ1) is 6.66. The summed E-state index contributed by atoms with van der Waals surface area (Å²) < 4.78 is 0.802. The van der Waals surface area contributed by atoms with Gasteiger partial charge in [0.1, 0.15) is 16.2 Å². The van der Waals surface area contributed by atoms with Crippen molar-refractivity contribution >= 4 is 27.5 Å². The first kappa shape index (κ1) is 9.55. The van der Waals surface area contributed by atoms with Gasteiger partial charge in [0.2, 0.25) is 0 Å². The third kappa shape index (κ3) is 1.76. The molecule has 1 aromatic carbocycles. The molecule has 0 unspecified atom stereocenters. The number of phenols is 1. The molecule has 14 heavy (non-hydrogen) atoms. The fourth-order valence-electron chi connectivity index (χ4n) is 1.10. The summed E-state index contributed by atoms with van der Waals surface area (Å²) in [4.78, 5) is 7.12. The number of aromatic hydroxyl groups is 1. The van der Waals surface area contributed by atoms with Crippen LogP contribution in [0.1, 0.15) is 0 Å². The number of hydrogen-bond donors (Lipinski definition) is 2. The van der Waals surface area contributed by atoms with E-state index in [1.807, 2.05) is 0 Å². The minimum absolute atomic E-state index is 0.0704. The molecule has 0 atom stereocenters. The fourth-order valence-corrected chi connectivity index (χ4v) is 1.57. The van der Waals surface area contributed by atoms with E-state index in [2.05, 4.69) is 25.9 Å². The van der Waals surface area contributed by atoms with Gasteiger partial charge >= 0.3 is 0 Å². The van der Waals surface area contributed by atoms with Crippen LogP contribution in [0.2, 0.25) is 5.02 Å². The van der Waals surface area contributed by atoms with Crippen molar-refractivity contribution in [2.24, 2.45) is 0 Å². The van der Waals surface area contributed by atoms with Crippen molar-refractivity contribution < 1.29 is 5.11 Å². The molecule has 5 heteroatoms. The third-order valence-electron chi connectivity index (χ3n) is 1.77. The summed E-state index contributed by atoms with van der Waals surface area (Å²) in [6.45, 7) is 0. The summed E-state index contributed by atoms with van der Waals surface area (Å²) in [5, 5.41) is 9.54. The van der Waals surface area contributed by atoms with Crippen LogP contribution in [0.25, 0.3) is 11.4 Å². The molecule has 3 nitrogen and oxygen atoms in total. The van der Waals surface area contributed by atoms with Crippen LogP contribution in [-0.4, -0.2) is 15.1 Å². The highest BCUT2D eigenvalue weighted by atomic mass is 79.9. The second-order valence-electron chi connectivity index (χ2n) is 2.75. The maximum absolute atomic E-state index is 9.22. The number of nitrogens with zero attached hydrogens (tertiary/aromatic N) is 1. The minimum Gasteiger partial charge on any atom is -0.506 e. The molecular weight excluding hydrogens is 267 g/mol. The molecule has 0 radical (unpaired) electrons. The van der Waals surface area contributed by atoms with Crippen LogP contribution >= 0.6 is 27.5 Å². The van der Waals surface area contributed by atoms with E-state index in [-0.39, 0.29) is 5.75 Å². The van der Waals surface area contributed by atoms with Gasteiger partial charge in [0, 0.05) is 5.56 Å². The Bertz CT molecular complexity index is 470. The molecule has 72 valence electrons. The van der Waals surface area contributed by atoms with Gasteiger partial charge in [-0.15, -0.1) is 0 Å². The quantitative estimate of drug-likeness (QED) is 0.838. The molecular formula is C9H6BrClN2O. The largest absolute Gasteiger partial charge is 0.506 e. The van der Waals surface area contributed by atoms with Gasteiger partial charge in [-0.05, 0) is 34.1 Å². The van der Waals surface area contributed by atoms with Crippen molar-refractivity contribution in [3.8, 4) is 17.1 Å². The van der Waals surface area contributed by atoms with Crippen molar-refractivity contribution in [1.29, 1.82) is 0 Å². The Morgan fingerprint density at radius 3 is 2.79 bits per heavy atom. The van der Waals surface area contributed by atoms with Crippen LogP contribution in [0, 0.1) is 0 Å². The number of benzene rings is 1. The second kappa shape index (κ2) is 3.63. The number of phenolic OH excluding ortho intramolecular Hbond substituents is 1. The zero-order chi connectivity index (χ0) is 10.1. The monoisotopic (exact) mass is 272 g/mol. The van der Waals surface area contributed by atoms with Gasteiger partial charge < -0.3 is 10.1 Å². The average Bonchev–Trinajstić information content (AvgIpc) is 2.57. The van der Waals surface area contributed by atoms with Crippen molar-refractivity contribution in [3.63, 3.8) is 0 Å². The standard InChI is InChI=1S/C9H6BrClN2O/c10-8-4-12-9(13-8)5-1-2-7(14)6(11)3-5/h1-4,14H,(H,12,13). The summed E-state index contributed by atoms with van der Waals surface area (Å²) >= 11 is 9.03. The molecule has 1 heterocycles. The molecule has 2 aromatic rings. The highest BCUT2D eigenvalue weighted by molar-refractivity contribution is 9.10. The number of hydrogen-bond acceptors (Lipinski definition) is 2. The molecule has 0 aliphatic rings. The number of imidazole rings is 1. The number of H-pyrrole nitrogens is 1. The second-order valence-corrected chi connectivity index (χ2v) is 4.01. The third-order valence-corrected chi connectivity index (χ3v) is 2.47. The van der Waals surface area contributed by atoms with Crippen molar-refractivity contribution in [1.82, 2.24) is 9.97 Å². The number of aromatic nitrogens is 2. The summed E-state index contributed by atoms with van der Waals surface area (Å²) in [6.07, 6.45) is 1.66. The maximum Gasteiger partial charge on any atom is 0.138 e. The fraction of sp³-hybridized carbons (Fsp3) is 0. The van der Waals surface area contributed by atoms with Crippen molar-refractivity contribution in [3.05, 3.63) is 34.0 Å². The minimum atomic E-state index is 0.0704. The van der Waals surface area contributed by atoms with Crippen LogP contribution in [0.3, 0.4) is 0 Å². The van der Waals surface area contributed by atoms with E-state index in [4.69, 9.17) is 11.6 Å². The predicted octanol–water partition coefficient (Wildman–Crippen LogP) is 3.20. The lowest BCUT2D eigenvalue weighted by Gasteiger charge is -1.99. The lowest BCUT2D eigenvalue weighted by molar-refractivity contribution is 0.475. The normalized spacial score (nSPS) is 10.4. The molecule has 2 rings (SSSR count). The Kier molecular flexibility index (Phi) is 2.48. The van der Waals surface area contributed by atoms with Crippen LogP contribution in [-0.2, 0) is 0 Å². The lowest BCUT2D eigenvalue weighted by atomic mass is 10.2. The molecule has 0 saturated heterocycles. The molecule has 0 saturated carbocycles. The number of aromatic amines is 1. The van der Waals surface area contributed by atoms with Gasteiger partial charge in [-0.3, -0.25) is 0 Å². The highest BCUT2D eigenvalue weighted by Gasteiger charge is 2.04. The topological polar surface area (TPSA) is 48.9 Å². The van der Waals surface area contributed by atoms with Gasteiger partial charge in [-0.2, -0.15) is 0 Å². The van der Waals surface area contributed by atoms with E-state index in [1.165, 1.54) is 6.07 Å². The van der Waals surface area contributed by atoms with Crippen molar-refractivity contribution in [2.75, 3.05) is 0 Å². The van der Waals surface area contributed by atoms with Gasteiger partial charge in [-0.1, -0.05) is 11.6 Å². The molecule has 0 bridgehead atoms. The molecule has 0 fully saturated rings. The van der Waals surface area contributed by atoms with E-state index < -0.39 is 0 Å². The van der Waals surface area contributed by atoms with E-state index in [0.717, 1.165) is 10.2 Å². The summed E-state index contributed by atoms with van der Waals surface area (Å²) in [5.41, 5.74) is 0.832. The predicted molar refractivity (Wildman–Crippen MR) is 58.4 cm³/mol. The van der Waals surface area contributed by atoms with E-state index in [0.29, 0.717) is 10.8 Å². The lowest BCUT2D eigenvalue weighted by Crippen LogP contribution is -1.80. The van der Waals surface area contributed by atoms with Crippen LogP contribution in [0.4, 0.5) is 0 Å². The molecule has 0 aliphatic carbocycles. The highest BCUT2D eigenvalue weighted by Crippen LogP contribution is 2.28. The van der Waals surface area contributed by atoms with Gasteiger partial charge in [-0.25, -0.2) is 4.98 Å². The first-order valence-corrected chi connectivity index (χ1v) is 5.03. The smallest absolute Gasteiger partial charge is 0.138 e. The number of nitrogens with one attached hydrogen (secondary N) is 1. The Hall–Kier alpha value is -1.00. The summed E-state index contributed by atoms with van der Waals surface area (Å²) in [5.74, 6) is 0.778. The Balaban J connectivity index is 2.47. The Morgan fingerprint density at radius 2 is 2.21 bits per heavy atom. The van der Waals surface area contributed by atoms with Crippen LogP contribution in [0.15, 0.2) is 29.0 Å². The molecule has 0 amide bonds. The van der Waals surface area contributed by atoms with Gasteiger partial charge in [0.05, 0.1) is 11.2 Å². The summed E-state index contributed by atoms with van der Waals surface area (Å²) in [7, 11) is 0. The zero-order valence-corrected chi connectivity index (χ0v) is 9.30. The SMILES string of the molecule is Oc1ccc(-c2ncc(Br)[nH]2)cc1Cl. The summed E-state index contributed by atoms with van der Waals surface area (Å²) in [6, 6.07) is 4.93. The van der Waals surface area contributed by atoms with E-state index >= 15 is 0 Å². The Labute approximate surface area is 93.9 Å². The first-order valence-electron chi connectivity index (χ1n) is 3.86. The average molecular weight is 274 g/mol. The van der Waals surface area contributed by atoms with E-state index in [1.54, 1.807) is 18.3 Å². The van der Waals surface area contributed by atoms with Crippen LogP contribution < -0.4 is 0 Å². The molecule has 2 N–H and O–H groups in total. The molecule has 0 spiro atoms. The van der Waals surface area contributed by atoms with Gasteiger partial charge in [0.25, 0.3) is 0 Å². The van der Waals surface area contributed by atoms with Gasteiger partial charge in [0.15, 0.2) is 0 Å². The van der Waals surface area contributed by atoms with E-state index in [9.17, 15) is 5.11 Å². The molecule has 0 aliphatic heterocycles. The Morgan fingerprint density at radius 1 is 1.43 bits per heavy atom. The number of rotatable bonds is 1. The maximum atomic E-state index is 9.22. The number of halogens is 2. The molecule has 1 aromatic heterocycles. The van der Waals surface area contributed by atoms with Crippen molar-refractivity contribution in [2.45, 2.75) is 0 Å².